The number of rotatable bonds is 3. The van der Waals surface area contributed by atoms with Crippen molar-refractivity contribution in [3.05, 3.63) is 0 Å². The van der Waals surface area contributed by atoms with Crippen LogP contribution in [-0.2, 0) is 0 Å². The molecule has 0 amide bonds. The van der Waals surface area contributed by atoms with Gasteiger partial charge in [-0.3, -0.25) is 0 Å². The number of hydrogen-bond acceptors (Lipinski definition) is 1. The summed E-state index contributed by atoms with van der Waals surface area (Å²) in [4.78, 5) is 0. The molecular weight excluding hydrogens is 194 g/mol. The Morgan fingerprint density at radius 2 is 1.69 bits per heavy atom. The molecule has 0 unspecified atom stereocenters. The molecule has 16 heavy (non-hydrogen) atoms. The maximum Gasteiger partial charge on any atom is 0.00106 e. The monoisotopic (exact) mass is 225 g/mol. The molecule has 0 bridgehead atoms. The predicted octanol–water partition coefficient (Wildman–Crippen LogP) is 4.23. The second-order valence-corrected chi connectivity index (χ2v) is 7.49. The zero-order chi connectivity index (χ0) is 12.4. The van der Waals surface area contributed by atoms with Crippen LogP contribution < -0.4 is 5.32 Å². The van der Waals surface area contributed by atoms with E-state index in [4.69, 9.17) is 0 Å². The lowest BCUT2D eigenvalue weighted by molar-refractivity contribution is 0.0973. The summed E-state index contributed by atoms with van der Waals surface area (Å²) in [5.41, 5.74) is 1.05. The van der Waals surface area contributed by atoms with Crippen molar-refractivity contribution in [3.63, 3.8) is 0 Å². The molecule has 1 nitrogen and oxygen atoms in total. The lowest BCUT2D eigenvalue weighted by Crippen LogP contribution is -2.39. The van der Waals surface area contributed by atoms with Gasteiger partial charge in [0.1, 0.15) is 0 Å². The second kappa shape index (κ2) is 5.08. The van der Waals surface area contributed by atoms with Crippen molar-refractivity contribution in [2.75, 3.05) is 6.54 Å². The summed E-state index contributed by atoms with van der Waals surface area (Å²) in [7, 11) is 0. The standard InChI is InChI=1S/C15H31N/c1-12(2)16-11-15(6)9-7-13(8-10-15)14(3,4)5/h12-13,16H,7-11H2,1-6H3. The van der Waals surface area contributed by atoms with Crippen LogP contribution in [0.5, 0.6) is 0 Å². The first-order chi connectivity index (χ1) is 7.23. The Bertz CT molecular complexity index is 204. The molecule has 1 aliphatic carbocycles. The molecule has 0 aliphatic heterocycles. The molecule has 0 saturated heterocycles. The van der Waals surface area contributed by atoms with Gasteiger partial charge in [0, 0.05) is 12.6 Å². The van der Waals surface area contributed by atoms with Crippen molar-refractivity contribution in [2.24, 2.45) is 16.7 Å². The molecular formula is C15H31N. The van der Waals surface area contributed by atoms with Gasteiger partial charge in [0.2, 0.25) is 0 Å². The van der Waals surface area contributed by atoms with Crippen LogP contribution in [-0.4, -0.2) is 12.6 Å². The SMILES string of the molecule is CC(C)NCC1(C)CCC(C(C)(C)C)CC1. The van der Waals surface area contributed by atoms with Gasteiger partial charge < -0.3 is 5.32 Å². The molecule has 0 aromatic heterocycles. The molecule has 96 valence electrons. The van der Waals surface area contributed by atoms with Crippen LogP contribution in [0.25, 0.3) is 0 Å². The average molecular weight is 225 g/mol. The molecule has 1 fully saturated rings. The summed E-state index contributed by atoms with van der Waals surface area (Å²) in [5.74, 6) is 0.930. The van der Waals surface area contributed by atoms with E-state index in [9.17, 15) is 0 Å². The van der Waals surface area contributed by atoms with Gasteiger partial charge in [-0.25, -0.2) is 0 Å². The fraction of sp³-hybridized carbons (Fsp3) is 1.00. The molecule has 0 aromatic carbocycles. The zero-order valence-electron chi connectivity index (χ0n) is 12.2. The Morgan fingerprint density at radius 3 is 2.06 bits per heavy atom. The molecule has 0 heterocycles. The van der Waals surface area contributed by atoms with E-state index in [0.29, 0.717) is 16.9 Å². The topological polar surface area (TPSA) is 12.0 Å². The summed E-state index contributed by atoms with van der Waals surface area (Å²) in [6, 6.07) is 0.622. The van der Waals surface area contributed by atoms with Crippen molar-refractivity contribution in [1.82, 2.24) is 5.32 Å². The molecule has 1 aliphatic rings. The van der Waals surface area contributed by atoms with E-state index in [1.807, 2.05) is 0 Å². The van der Waals surface area contributed by atoms with Gasteiger partial charge in [-0.15, -0.1) is 0 Å². The Balaban J connectivity index is 2.41. The number of nitrogens with one attached hydrogen (secondary N) is 1. The molecule has 1 heteroatoms. The first-order valence-electron chi connectivity index (χ1n) is 6.96. The largest absolute Gasteiger partial charge is 0.314 e. The summed E-state index contributed by atoms with van der Waals surface area (Å²) in [5, 5.41) is 3.61. The van der Waals surface area contributed by atoms with E-state index >= 15 is 0 Å². The maximum atomic E-state index is 3.61. The molecule has 1 N–H and O–H groups in total. The lowest BCUT2D eigenvalue weighted by atomic mass is 9.65. The van der Waals surface area contributed by atoms with Crippen LogP contribution in [0.15, 0.2) is 0 Å². The third-order valence-electron chi connectivity index (χ3n) is 4.35. The van der Waals surface area contributed by atoms with Crippen LogP contribution in [0.2, 0.25) is 0 Å². The van der Waals surface area contributed by atoms with Crippen LogP contribution in [0.3, 0.4) is 0 Å². The minimum absolute atomic E-state index is 0.507. The Morgan fingerprint density at radius 1 is 1.19 bits per heavy atom. The molecule has 0 spiro atoms. The molecule has 1 saturated carbocycles. The van der Waals surface area contributed by atoms with E-state index < -0.39 is 0 Å². The summed E-state index contributed by atoms with van der Waals surface area (Å²) < 4.78 is 0. The third-order valence-corrected chi connectivity index (χ3v) is 4.35. The van der Waals surface area contributed by atoms with Gasteiger partial charge in [-0.1, -0.05) is 41.5 Å². The van der Waals surface area contributed by atoms with Gasteiger partial charge in [-0.05, 0) is 42.4 Å². The van der Waals surface area contributed by atoms with Gasteiger partial charge >= 0.3 is 0 Å². The van der Waals surface area contributed by atoms with Gasteiger partial charge in [0.15, 0.2) is 0 Å². The molecule has 1 rings (SSSR count). The van der Waals surface area contributed by atoms with Gasteiger partial charge in [-0.2, -0.15) is 0 Å². The first kappa shape index (κ1) is 14.0. The fourth-order valence-corrected chi connectivity index (χ4v) is 2.81. The van der Waals surface area contributed by atoms with E-state index in [1.165, 1.54) is 32.2 Å². The number of hydrogen-bond donors (Lipinski definition) is 1. The van der Waals surface area contributed by atoms with Crippen LogP contribution >= 0.6 is 0 Å². The Hall–Kier alpha value is -0.0400. The van der Waals surface area contributed by atoms with Crippen molar-refractivity contribution in [1.29, 1.82) is 0 Å². The second-order valence-electron chi connectivity index (χ2n) is 7.49. The maximum absolute atomic E-state index is 3.61. The first-order valence-corrected chi connectivity index (χ1v) is 6.96. The fourth-order valence-electron chi connectivity index (χ4n) is 2.81. The van der Waals surface area contributed by atoms with Gasteiger partial charge in [0.05, 0.1) is 0 Å². The average Bonchev–Trinajstić information content (AvgIpc) is 2.14. The summed E-state index contributed by atoms with van der Waals surface area (Å²) in [6.45, 7) is 15.3. The minimum atomic E-state index is 0.507. The third kappa shape index (κ3) is 4.08. The van der Waals surface area contributed by atoms with Crippen molar-refractivity contribution in [2.45, 2.75) is 73.3 Å². The molecule has 0 atom stereocenters. The summed E-state index contributed by atoms with van der Waals surface area (Å²) >= 11 is 0. The quantitative estimate of drug-likeness (QED) is 0.758. The molecule has 0 aromatic rings. The highest BCUT2D eigenvalue weighted by Crippen LogP contribution is 2.44. The van der Waals surface area contributed by atoms with E-state index in [2.05, 4.69) is 46.9 Å². The van der Waals surface area contributed by atoms with E-state index in [1.54, 1.807) is 0 Å². The highest BCUT2D eigenvalue weighted by atomic mass is 14.9. The van der Waals surface area contributed by atoms with Crippen molar-refractivity contribution >= 4 is 0 Å². The Labute approximate surface area is 102 Å². The van der Waals surface area contributed by atoms with Crippen LogP contribution in [0.4, 0.5) is 0 Å². The van der Waals surface area contributed by atoms with Crippen LogP contribution in [0.1, 0.15) is 67.2 Å². The smallest absolute Gasteiger partial charge is 0.00106 e. The lowest BCUT2D eigenvalue weighted by Gasteiger charge is -2.42. The van der Waals surface area contributed by atoms with E-state index in [0.717, 1.165) is 5.92 Å². The molecule has 0 radical (unpaired) electrons. The normalized spacial score (nSPS) is 32.1. The highest BCUT2D eigenvalue weighted by Gasteiger charge is 2.35. The van der Waals surface area contributed by atoms with E-state index in [-0.39, 0.29) is 0 Å². The predicted molar refractivity (Wildman–Crippen MR) is 72.7 cm³/mol. The zero-order valence-corrected chi connectivity index (χ0v) is 12.2. The van der Waals surface area contributed by atoms with Gasteiger partial charge in [0.25, 0.3) is 0 Å². The highest BCUT2D eigenvalue weighted by molar-refractivity contribution is 4.88. The Kier molecular flexibility index (Phi) is 4.45. The van der Waals surface area contributed by atoms with Crippen LogP contribution in [0, 0.1) is 16.7 Å². The van der Waals surface area contributed by atoms with Crippen molar-refractivity contribution in [3.8, 4) is 0 Å². The van der Waals surface area contributed by atoms with Crippen molar-refractivity contribution < 1.29 is 0 Å². The summed E-state index contributed by atoms with van der Waals surface area (Å²) in [6.07, 6.45) is 5.63. The minimum Gasteiger partial charge on any atom is -0.314 e.